The minimum absolute atomic E-state index is 0.124. The molecule has 0 N–H and O–H groups in total. The lowest BCUT2D eigenvalue weighted by molar-refractivity contribution is 0.367. The first-order chi connectivity index (χ1) is 18.0. The summed E-state index contributed by atoms with van der Waals surface area (Å²) in [5.74, 6) is 1.71. The van der Waals surface area contributed by atoms with Crippen LogP contribution in [0.2, 0.25) is 0 Å². The van der Waals surface area contributed by atoms with Crippen molar-refractivity contribution in [1.82, 2.24) is 9.66 Å². The zero-order valence-corrected chi connectivity index (χ0v) is 20.5. The zero-order chi connectivity index (χ0) is 25.9. The molecule has 9 nitrogen and oxygen atoms in total. The molecule has 5 aromatic rings. The van der Waals surface area contributed by atoms with E-state index in [1.165, 1.54) is 10.9 Å². The highest BCUT2D eigenvalue weighted by Gasteiger charge is 2.18. The molecule has 0 bridgehead atoms. The third-order valence-corrected chi connectivity index (χ3v) is 5.83. The number of para-hydroxylation sites is 1. The Morgan fingerprint density at radius 3 is 2.70 bits per heavy atom. The second-order valence-corrected chi connectivity index (χ2v) is 8.36. The van der Waals surface area contributed by atoms with E-state index in [9.17, 15) is 4.79 Å². The second kappa shape index (κ2) is 9.87. The molecule has 0 aliphatic heterocycles. The average Bonchev–Trinajstić information content (AvgIpc) is 3.36. The van der Waals surface area contributed by atoms with E-state index >= 15 is 0 Å². The van der Waals surface area contributed by atoms with E-state index in [4.69, 9.17) is 24.1 Å². The fraction of sp³-hybridized carbons (Fsp3) is 0.143. The van der Waals surface area contributed by atoms with Crippen molar-refractivity contribution in [3.63, 3.8) is 0 Å². The van der Waals surface area contributed by atoms with Crippen molar-refractivity contribution in [3.05, 3.63) is 82.6 Å². The summed E-state index contributed by atoms with van der Waals surface area (Å²) in [6, 6.07) is 21.8. The van der Waals surface area contributed by atoms with Crippen molar-refractivity contribution in [2.24, 2.45) is 5.10 Å². The fourth-order valence-electron chi connectivity index (χ4n) is 3.98. The molecule has 0 saturated heterocycles. The normalized spacial score (nSPS) is 11.2. The Kier molecular flexibility index (Phi) is 6.31. The zero-order valence-electron chi connectivity index (χ0n) is 20.5. The average molecular weight is 494 g/mol. The highest BCUT2D eigenvalue weighted by molar-refractivity contribution is 5.89. The quantitative estimate of drug-likeness (QED) is 0.303. The van der Waals surface area contributed by atoms with Gasteiger partial charge in [-0.3, -0.25) is 4.79 Å². The number of rotatable bonds is 7. The van der Waals surface area contributed by atoms with Crippen molar-refractivity contribution in [2.45, 2.75) is 0 Å². The molecule has 3 aromatic carbocycles. The number of methoxy groups -OCH3 is 1. The van der Waals surface area contributed by atoms with E-state index in [1.807, 2.05) is 67.5 Å². The van der Waals surface area contributed by atoms with Crippen molar-refractivity contribution in [3.8, 4) is 29.2 Å². The molecule has 0 atom stereocenters. The lowest BCUT2D eigenvalue weighted by Gasteiger charge is -2.15. The summed E-state index contributed by atoms with van der Waals surface area (Å²) in [5, 5.41) is 14.7. The Labute approximate surface area is 212 Å². The predicted octanol–water partition coefficient (Wildman–Crippen LogP) is 4.67. The number of ether oxygens (including phenoxy) is 2. The number of benzene rings is 3. The maximum Gasteiger partial charge on any atom is 0.282 e. The number of hydrogen-bond acceptors (Lipinski definition) is 8. The number of furan rings is 1. The summed E-state index contributed by atoms with van der Waals surface area (Å²) < 4.78 is 18.4. The molecule has 0 aliphatic carbocycles. The van der Waals surface area contributed by atoms with E-state index in [2.05, 4.69) is 5.10 Å². The Bertz CT molecular complexity index is 1740. The van der Waals surface area contributed by atoms with Gasteiger partial charge in [0.1, 0.15) is 23.2 Å². The second-order valence-electron chi connectivity index (χ2n) is 8.36. The van der Waals surface area contributed by atoms with Gasteiger partial charge in [-0.05, 0) is 42.5 Å². The van der Waals surface area contributed by atoms with Crippen molar-refractivity contribution < 1.29 is 13.9 Å². The molecular weight excluding hydrogens is 470 g/mol. The van der Waals surface area contributed by atoms with Gasteiger partial charge in [0.25, 0.3) is 5.56 Å². The van der Waals surface area contributed by atoms with Crippen LogP contribution in [0.3, 0.4) is 0 Å². The Hall–Kier alpha value is -5.10. The van der Waals surface area contributed by atoms with Crippen LogP contribution in [0.25, 0.3) is 33.5 Å². The van der Waals surface area contributed by atoms with Gasteiger partial charge in [-0.1, -0.05) is 18.2 Å². The molecule has 0 fully saturated rings. The number of aromatic nitrogens is 2. The summed E-state index contributed by atoms with van der Waals surface area (Å²) in [4.78, 5) is 20.2. The lowest BCUT2D eigenvalue weighted by Crippen LogP contribution is -2.20. The lowest BCUT2D eigenvalue weighted by atomic mass is 10.2. The monoisotopic (exact) mass is 493 g/mol. The third-order valence-electron chi connectivity index (χ3n) is 5.83. The maximum atomic E-state index is 13.5. The first kappa shape index (κ1) is 23.6. The molecule has 0 spiro atoms. The van der Waals surface area contributed by atoms with Gasteiger partial charge in [0.2, 0.25) is 5.82 Å². The van der Waals surface area contributed by atoms with Crippen molar-refractivity contribution in [2.75, 3.05) is 32.7 Å². The molecular formula is C28H23N5O4. The fourth-order valence-corrected chi connectivity index (χ4v) is 3.98. The van der Waals surface area contributed by atoms with Crippen LogP contribution in [0, 0.1) is 11.3 Å². The molecule has 0 aliphatic rings. The topological polar surface area (TPSA) is 106 Å². The van der Waals surface area contributed by atoms with Crippen LogP contribution in [0.5, 0.6) is 11.5 Å². The minimum atomic E-state index is -0.353. The molecule has 37 heavy (non-hydrogen) atoms. The van der Waals surface area contributed by atoms with E-state index in [0.29, 0.717) is 39.3 Å². The molecule has 0 unspecified atom stereocenters. The van der Waals surface area contributed by atoms with Crippen LogP contribution >= 0.6 is 0 Å². The molecule has 0 saturated carbocycles. The van der Waals surface area contributed by atoms with Crippen LogP contribution in [0.4, 0.5) is 5.69 Å². The van der Waals surface area contributed by atoms with Crippen LogP contribution < -0.4 is 19.9 Å². The maximum absolute atomic E-state index is 13.5. The summed E-state index contributed by atoms with van der Waals surface area (Å²) in [5.41, 5.74) is 2.26. The first-order valence-corrected chi connectivity index (χ1v) is 11.4. The Morgan fingerprint density at radius 2 is 1.92 bits per heavy atom. The number of anilines is 1. The molecule has 9 heteroatoms. The van der Waals surface area contributed by atoms with E-state index in [0.717, 1.165) is 11.1 Å². The van der Waals surface area contributed by atoms with Crippen molar-refractivity contribution in [1.29, 1.82) is 5.26 Å². The molecule has 2 heterocycles. The molecule has 5 rings (SSSR count). The number of hydrogen-bond donors (Lipinski definition) is 0. The minimum Gasteiger partial charge on any atom is -0.496 e. The predicted molar refractivity (Wildman–Crippen MR) is 143 cm³/mol. The van der Waals surface area contributed by atoms with Gasteiger partial charge in [0.15, 0.2) is 12.4 Å². The largest absolute Gasteiger partial charge is 0.496 e. The number of fused-ring (bicyclic) bond motifs is 2. The Balaban J connectivity index is 1.69. The highest BCUT2D eigenvalue weighted by Crippen LogP contribution is 2.33. The third kappa shape index (κ3) is 4.48. The summed E-state index contributed by atoms with van der Waals surface area (Å²) >= 11 is 0. The van der Waals surface area contributed by atoms with Gasteiger partial charge in [0.05, 0.1) is 29.6 Å². The van der Waals surface area contributed by atoms with Gasteiger partial charge in [0, 0.05) is 31.4 Å². The van der Waals surface area contributed by atoms with E-state index in [-0.39, 0.29) is 18.0 Å². The summed E-state index contributed by atoms with van der Waals surface area (Å²) in [6.07, 6.45) is 1.51. The van der Waals surface area contributed by atoms with Crippen LogP contribution in [0.1, 0.15) is 5.56 Å². The Morgan fingerprint density at radius 1 is 1.08 bits per heavy atom. The van der Waals surface area contributed by atoms with Gasteiger partial charge in [-0.25, -0.2) is 4.98 Å². The molecule has 0 radical (unpaired) electrons. The van der Waals surface area contributed by atoms with Crippen LogP contribution in [-0.2, 0) is 0 Å². The standard InChI is InChI=1S/C28H23N5O4/c1-32(2)19-12-11-18(25(15-19)36-14-13-29)17-30-33-27(31-22-8-5-4-7-20(22)28(33)34)26-16-21-23(35-3)9-6-10-24(21)37-26/h4-12,15-17H,14H2,1-3H3. The van der Waals surface area contributed by atoms with Crippen molar-refractivity contribution >= 4 is 33.8 Å². The highest BCUT2D eigenvalue weighted by atomic mass is 16.5. The first-order valence-electron chi connectivity index (χ1n) is 11.4. The molecule has 184 valence electrons. The molecule has 2 aromatic heterocycles. The summed E-state index contributed by atoms with van der Waals surface area (Å²) in [7, 11) is 5.40. The summed E-state index contributed by atoms with van der Waals surface area (Å²) in [6.45, 7) is -0.124. The van der Waals surface area contributed by atoms with Gasteiger partial charge >= 0.3 is 0 Å². The van der Waals surface area contributed by atoms with E-state index < -0.39 is 0 Å². The van der Waals surface area contributed by atoms with Gasteiger partial charge in [-0.2, -0.15) is 15.0 Å². The molecule has 0 amide bonds. The smallest absolute Gasteiger partial charge is 0.282 e. The number of nitrogens with zero attached hydrogens (tertiary/aromatic N) is 5. The van der Waals surface area contributed by atoms with Gasteiger partial charge < -0.3 is 18.8 Å². The van der Waals surface area contributed by atoms with Crippen LogP contribution in [-0.4, -0.2) is 43.7 Å². The number of nitriles is 1. The SMILES string of the molecule is COc1cccc2oc(-c3nc4ccccc4c(=O)n3N=Cc3ccc(N(C)C)cc3OCC#N)cc12. The van der Waals surface area contributed by atoms with Gasteiger partial charge in [-0.15, -0.1) is 0 Å². The van der Waals surface area contributed by atoms with E-state index in [1.54, 1.807) is 31.4 Å². The van der Waals surface area contributed by atoms with Crippen LogP contribution in [0.15, 0.2) is 81.0 Å².